The predicted octanol–water partition coefficient (Wildman–Crippen LogP) is 2.81. The van der Waals surface area contributed by atoms with Gasteiger partial charge in [0.1, 0.15) is 12.4 Å². The molecule has 2 aromatic rings. The Morgan fingerprint density at radius 1 is 1.25 bits per heavy atom. The lowest BCUT2D eigenvalue weighted by Gasteiger charge is -2.26. The third-order valence-corrected chi connectivity index (χ3v) is 5.61. The fourth-order valence-corrected chi connectivity index (χ4v) is 4.00. The quantitative estimate of drug-likeness (QED) is 0.615. The highest BCUT2D eigenvalue weighted by Gasteiger charge is 2.24. The number of hydrogen-bond donors (Lipinski definition) is 0. The summed E-state index contributed by atoms with van der Waals surface area (Å²) < 4.78 is 43.5. The van der Waals surface area contributed by atoms with E-state index in [4.69, 9.17) is 16.3 Å². The smallest absolute Gasteiger partial charge is 0.330 e. The minimum atomic E-state index is -3.66. The number of benzene rings is 2. The first-order chi connectivity index (χ1) is 11.3. The molecule has 0 saturated heterocycles. The number of hydrogen-bond acceptors (Lipinski definition) is 5. The molecule has 2 aromatic carbocycles. The maximum Gasteiger partial charge on any atom is 0.330 e. The number of fused-ring (bicyclic) bond motifs is 1. The highest BCUT2D eigenvalue weighted by molar-refractivity contribution is 7.90. The standard InChI is InChI=1S/C16H13ClFNO4S/c1-19-8-16(20)23-15-5-3-11(7-14(15)19)24(21,22)9-10-2-4-13(18)12(17)6-10/h2-7H,8-9H2,1H3. The van der Waals surface area contributed by atoms with E-state index in [1.807, 2.05) is 0 Å². The number of halogens is 2. The van der Waals surface area contributed by atoms with Crippen molar-refractivity contribution in [3.8, 4) is 5.75 Å². The highest BCUT2D eigenvalue weighted by atomic mass is 35.5. The molecule has 0 atom stereocenters. The monoisotopic (exact) mass is 369 g/mol. The molecule has 0 N–H and O–H groups in total. The molecule has 0 saturated carbocycles. The second kappa shape index (κ2) is 6.07. The summed E-state index contributed by atoms with van der Waals surface area (Å²) in [5, 5.41) is -0.125. The van der Waals surface area contributed by atoms with Gasteiger partial charge in [0.2, 0.25) is 0 Å². The van der Waals surface area contributed by atoms with Crippen molar-refractivity contribution in [3.63, 3.8) is 0 Å². The van der Waals surface area contributed by atoms with Gasteiger partial charge in [-0.15, -0.1) is 0 Å². The van der Waals surface area contributed by atoms with Crippen LogP contribution in [0.1, 0.15) is 5.56 Å². The van der Waals surface area contributed by atoms with Gasteiger partial charge in [0, 0.05) is 7.05 Å². The maximum absolute atomic E-state index is 13.2. The predicted molar refractivity (Wildman–Crippen MR) is 87.6 cm³/mol. The number of anilines is 1. The van der Waals surface area contributed by atoms with E-state index in [0.29, 0.717) is 17.0 Å². The van der Waals surface area contributed by atoms with E-state index < -0.39 is 21.6 Å². The number of ether oxygens (including phenoxy) is 1. The number of sulfone groups is 1. The summed E-state index contributed by atoms with van der Waals surface area (Å²) in [7, 11) is -1.99. The highest BCUT2D eigenvalue weighted by Crippen LogP contribution is 2.34. The number of esters is 1. The minimum absolute atomic E-state index is 0.0457. The van der Waals surface area contributed by atoms with Gasteiger partial charge < -0.3 is 9.64 Å². The van der Waals surface area contributed by atoms with Crippen LogP contribution in [0.5, 0.6) is 5.75 Å². The van der Waals surface area contributed by atoms with E-state index in [0.717, 1.165) is 6.07 Å². The van der Waals surface area contributed by atoms with Crippen molar-refractivity contribution in [2.24, 2.45) is 0 Å². The van der Waals surface area contributed by atoms with Crippen LogP contribution in [0.25, 0.3) is 0 Å². The van der Waals surface area contributed by atoms with Crippen LogP contribution in [0.4, 0.5) is 10.1 Å². The molecule has 24 heavy (non-hydrogen) atoms. The summed E-state index contributed by atoms with van der Waals surface area (Å²) in [6, 6.07) is 8.10. The van der Waals surface area contributed by atoms with Crippen molar-refractivity contribution in [2.75, 3.05) is 18.5 Å². The Morgan fingerprint density at radius 2 is 2.00 bits per heavy atom. The molecule has 0 fully saturated rings. The second-order valence-electron chi connectivity index (χ2n) is 5.47. The molecular weight excluding hydrogens is 357 g/mol. The molecule has 5 nitrogen and oxygen atoms in total. The lowest BCUT2D eigenvalue weighted by molar-refractivity contribution is -0.133. The zero-order chi connectivity index (χ0) is 17.5. The number of likely N-dealkylation sites (N-methyl/N-ethyl adjacent to an activating group) is 1. The van der Waals surface area contributed by atoms with Crippen LogP contribution in [0, 0.1) is 5.82 Å². The van der Waals surface area contributed by atoms with E-state index in [9.17, 15) is 17.6 Å². The van der Waals surface area contributed by atoms with Crippen molar-refractivity contribution in [1.29, 1.82) is 0 Å². The summed E-state index contributed by atoms with van der Waals surface area (Å²) in [6.45, 7) is 0.0457. The Kier molecular flexibility index (Phi) is 4.23. The number of carbonyl (C=O) groups excluding carboxylic acids is 1. The third kappa shape index (κ3) is 3.22. The first-order valence-corrected chi connectivity index (χ1v) is 9.02. The summed E-state index contributed by atoms with van der Waals surface area (Å²) in [5.74, 6) is -0.996. The lowest BCUT2D eigenvalue weighted by Crippen LogP contribution is -2.33. The van der Waals surface area contributed by atoms with Crippen molar-refractivity contribution in [2.45, 2.75) is 10.6 Å². The molecule has 0 amide bonds. The van der Waals surface area contributed by atoms with Crippen LogP contribution in [0.3, 0.4) is 0 Å². The molecule has 0 radical (unpaired) electrons. The van der Waals surface area contributed by atoms with Crippen LogP contribution in [-0.2, 0) is 20.4 Å². The average molecular weight is 370 g/mol. The Hall–Kier alpha value is -2.12. The molecular formula is C16H13ClFNO4S. The van der Waals surface area contributed by atoms with Crippen LogP contribution in [0.15, 0.2) is 41.3 Å². The van der Waals surface area contributed by atoms with Crippen LogP contribution in [0.2, 0.25) is 5.02 Å². The summed E-state index contributed by atoms with van der Waals surface area (Å²) >= 11 is 5.69. The Balaban J connectivity index is 1.94. The number of rotatable bonds is 3. The summed E-state index contributed by atoms with van der Waals surface area (Å²) in [4.78, 5) is 13.1. The molecule has 3 rings (SSSR count). The van der Waals surface area contributed by atoms with Gasteiger partial charge in [-0.2, -0.15) is 0 Å². The van der Waals surface area contributed by atoms with Gasteiger partial charge in [-0.25, -0.2) is 17.6 Å². The zero-order valence-corrected chi connectivity index (χ0v) is 14.2. The van der Waals surface area contributed by atoms with Crippen molar-refractivity contribution in [3.05, 3.63) is 52.8 Å². The molecule has 8 heteroatoms. The molecule has 0 unspecified atom stereocenters. The summed E-state index contributed by atoms with van der Waals surface area (Å²) in [5.41, 5.74) is 0.909. The molecule has 0 aromatic heterocycles. The van der Waals surface area contributed by atoms with Crippen LogP contribution < -0.4 is 9.64 Å². The molecule has 0 bridgehead atoms. The fraction of sp³-hybridized carbons (Fsp3) is 0.188. The fourth-order valence-electron chi connectivity index (χ4n) is 2.44. The lowest BCUT2D eigenvalue weighted by atomic mass is 10.2. The van der Waals surface area contributed by atoms with Crippen molar-refractivity contribution >= 4 is 33.1 Å². The first-order valence-electron chi connectivity index (χ1n) is 6.99. The van der Waals surface area contributed by atoms with E-state index in [1.54, 1.807) is 11.9 Å². The van der Waals surface area contributed by atoms with Gasteiger partial charge >= 0.3 is 5.97 Å². The molecule has 0 aliphatic carbocycles. The van der Waals surface area contributed by atoms with E-state index in [1.165, 1.54) is 30.3 Å². The molecule has 1 heterocycles. The third-order valence-electron chi connectivity index (χ3n) is 3.63. The Morgan fingerprint density at radius 3 is 2.71 bits per heavy atom. The van der Waals surface area contributed by atoms with Crippen LogP contribution >= 0.6 is 11.6 Å². The molecule has 1 aliphatic heterocycles. The number of carbonyl (C=O) groups is 1. The van der Waals surface area contributed by atoms with Gasteiger partial charge in [-0.1, -0.05) is 17.7 Å². The van der Waals surface area contributed by atoms with E-state index in [-0.39, 0.29) is 22.2 Å². The average Bonchev–Trinajstić information content (AvgIpc) is 2.50. The Bertz CT molecular complexity index is 930. The zero-order valence-electron chi connectivity index (χ0n) is 12.6. The topological polar surface area (TPSA) is 63.7 Å². The van der Waals surface area contributed by atoms with Crippen LogP contribution in [-0.4, -0.2) is 28.0 Å². The minimum Gasteiger partial charge on any atom is -0.423 e. The van der Waals surface area contributed by atoms with Crippen molar-refractivity contribution < 1.29 is 22.3 Å². The normalized spacial score (nSPS) is 14.3. The molecule has 126 valence electrons. The second-order valence-corrected chi connectivity index (χ2v) is 7.86. The van der Waals surface area contributed by atoms with E-state index in [2.05, 4.69) is 0 Å². The molecule has 0 spiro atoms. The number of nitrogens with zero attached hydrogens (tertiary/aromatic N) is 1. The van der Waals surface area contributed by atoms with Gasteiger partial charge in [0.15, 0.2) is 15.6 Å². The maximum atomic E-state index is 13.2. The van der Waals surface area contributed by atoms with Gasteiger partial charge in [-0.05, 0) is 35.9 Å². The van der Waals surface area contributed by atoms with Gasteiger partial charge in [-0.3, -0.25) is 0 Å². The Labute approximate surface area is 143 Å². The van der Waals surface area contributed by atoms with Gasteiger partial charge in [0.25, 0.3) is 0 Å². The molecule has 1 aliphatic rings. The van der Waals surface area contributed by atoms with E-state index >= 15 is 0 Å². The largest absolute Gasteiger partial charge is 0.423 e. The van der Waals surface area contributed by atoms with Crippen molar-refractivity contribution in [1.82, 2.24) is 0 Å². The summed E-state index contributed by atoms with van der Waals surface area (Å²) in [6.07, 6.45) is 0. The van der Waals surface area contributed by atoms with Gasteiger partial charge in [0.05, 0.1) is 21.4 Å². The SMILES string of the molecule is CN1CC(=O)Oc2ccc(S(=O)(=O)Cc3ccc(F)c(Cl)c3)cc21. The first kappa shape index (κ1) is 16.7.